The number of benzene rings is 1. The summed E-state index contributed by atoms with van der Waals surface area (Å²) in [6.45, 7) is 1.09. The lowest BCUT2D eigenvalue weighted by atomic mass is 10.1. The Hall–Kier alpha value is -1.79. The van der Waals surface area contributed by atoms with Crippen molar-refractivity contribution < 1.29 is 4.92 Å². The zero-order valence-corrected chi connectivity index (χ0v) is 11.6. The van der Waals surface area contributed by atoms with E-state index in [2.05, 4.69) is 26.2 Å². The summed E-state index contributed by atoms with van der Waals surface area (Å²) in [7, 11) is 0. The number of pyridine rings is 1. The monoisotopic (exact) mass is 321 g/mol. The van der Waals surface area contributed by atoms with E-state index in [9.17, 15) is 10.1 Å². The van der Waals surface area contributed by atoms with Crippen LogP contribution in [0, 0.1) is 10.1 Å². The van der Waals surface area contributed by atoms with Crippen LogP contribution in [0.5, 0.6) is 0 Å². The van der Waals surface area contributed by atoms with Gasteiger partial charge in [0.25, 0.3) is 5.69 Å². The molecule has 0 aliphatic heterocycles. The summed E-state index contributed by atoms with van der Waals surface area (Å²) in [5.74, 6) is 0. The van der Waals surface area contributed by atoms with Gasteiger partial charge in [-0.05, 0) is 29.8 Å². The van der Waals surface area contributed by atoms with Gasteiger partial charge in [0.15, 0.2) is 0 Å². The molecule has 0 saturated carbocycles. The van der Waals surface area contributed by atoms with Gasteiger partial charge >= 0.3 is 0 Å². The Bertz CT molecular complexity index is 575. The van der Waals surface area contributed by atoms with Crippen LogP contribution in [0.2, 0.25) is 0 Å². The van der Waals surface area contributed by atoms with Crippen LogP contribution in [0.3, 0.4) is 0 Å². The molecule has 0 fully saturated rings. The first-order chi connectivity index (χ1) is 9.16. The maximum atomic E-state index is 10.9. The SMILES string of the molecule is O=[N+]([O-])c1ccc(Br)cc1CNCc1ccncc1. The smallest absolute Gasteiger partial charge is 0.273 e. The summed E-state index contributed by atoms with van der Waals surface area (Å²) in [6, 6.07) is 8.75. The van der Waals surface area contributed by atoms with E-state index in [4.69, 9.17) is 0 Å². The van der Waals surface area contributed by atoms with Gasteiger partial charge in [0.05, 0.1) is 4.92 Å². The Morgan fingerprint density at radius 2 is 1.95 bits per heavy atom. The zero-order chi connectivity index (χ0) is 13.7. The molecule has 2 rings (SSSR count). The predicted octanol–water partition coefficient (Wildman–Crippen LogP) is 3.04. The van der Waals surface area contributed by atoms with Crippen molar-refractivity contribution in [2.24, 2.45) is 0 Å². The number of hydrogen-bond acceptors (Lipinski definition) is 4. The minimum atomic E-state index is -0.365. The van der Waals surface area contributed by atoms with E-state index in [1.165, 1.54) is 6.07 Å². The third kappa shape index (κ3) is 3.84. The molecular weight excluding hydrogens is 310 g/mol. The first-order valence-electron chi connectivity index (χ1n) is 5.69. The molecule has 0 unspecified atom stereocenters. The van der Waals surface area contributed by atoms with Crippen LogP contribution >= 0.6 is 15.9 Å². The molecule has 0 amide bonds. The molecule has 1 aromatic carbocycles. The topological polar surface area (TPSA) is 68.1 Å². The summed E-state index contributed by atoms with van der Waals surface area (Å²) in [5.41, 5.74) is 1.88. The molecule has 19 heavy (non-hydrogen) atoms. The molecule has 0 aliphatic carbocycles. The molecule has 1 heterocycles. The van der Waals surface area contributed by atoms with E-state index in [-0.39, 0.29) is 10.6 Å². The second-order valence-corrected chi connectivity index (χ2v) is 4.90. The van der Waals surface area contributed by atoms with Gasteiger partial charge in [-0.15, -0.1) is 0 Å². The van der Waals surface area contributed by atoms with Crippen LogP contribution in [0.15, 0.2) is 47.2 Å². The minimum absolute atomic E-state index is 0.130. The molecule has 1 N–H and O–H groups in total. The van der Waals surface area contributed by atoms with E-state index < -0.39 is 0 Å². The van der Waals surface area contributed by atoms with Crippen LogP contribution in [-0.2, 0) is 13.1 Å². The maximum Gasteiger partial charge on any atom is 0.273 e. The molecule has 5 nitrogen and oxygen atoms in total. The normalized spacial score (nSPS) is 10.4. The molecular formula is C13H12BrN3O2. The Balaban J connectivity index is 2.03. The summed E-state index contributed by atoms with van der Waals surface area (Å²) in [6.07, 6.45) is 3.44. The van der Waals surface area contributed by atoms with Crippen molar-refractivity contribution in [1.82, 2.24) is 10.3 Å². The van der Waals surface area contributed by atoms with Crippen molar-refractivity contribution in [1.29, 1.82) is 0 Å². The molecule has 0 atom stereocenters. The summed E-state index contributed by atoms with van der Waals surface area (Å²) in [5, 5.41) is 14.1. The van der Waals surface area contributed by atoms with E-state index >= 15 is 0 Å². The van der Waals surface area contributed by atoms with Crippen molar-refractivity contribution in [2.75, 3.05) is 0 Å². The van der Waals surface area contributed by atoms with Gasteiger partial charge in [0.2, 0.25) is 0 Å². The summed E-state index contributed by atoms with van der Waals surface area (Å²) in [4.78, 5) is 14.5. The molecule has 1 aromatic heterocycles. The molecule has 0 saturated heterocycles. The Kier molecular flexibility index (Phi) is 4.59. The van der Waals surface area contributed by atoms with Crippen molar-refractivity contribution in [3.63, 3.8) is 0 Å². The lowest BCUT2D eigenvalue weighted by Crippen LogP contribution is -2.13. The molecule has 6 heteroatoms. The van der Waals surface area contributed by atoms with Crippen molar-refractivity contribution in [2.45, 2.75) is 13.1 Å². The fourth-order valence-electron chi connectivity index (χ4n) is 1.72. The average molecular weight is 322 g/mol. The van der Waals surface area contributed by atoms with Gasteiger partial charge in [-0.2, -0.15) is 0 Å². The van der Waals surface area contributed by atoms with E-state index in [1.807, 2.05) is 12.1 Å². The van der Waals surface area contributed by atoms with Crippen LogP contribution in [0.4, 0.5) is 5.69 Å². The predicted molar refractivity (Wildman–Crippen MR) is 75.6 cm³/mol. The highest BCUT2D eigenvalue weighted by Crippen LogP contribution is 2.22. The standard InChI is InChI=1S/C13H12BrN3O2/c14-12-1-2-13(17(18)19)11(7-12)9-16-8-10-3-5-15-6-4-10/h1-7,16H,8-9H2. The highest BCUT2D eigenvalue weighted by atomic mass is 79.9. The second kappa shape index (κ2) is 6.40. The number of nitrogens with zero attached hydrogens (tertiary/aromatic N) is 2. The second-order valence-electron chi connectivity index (χ2n) is 3.99. The van der Waals surface area contributed by atoms with Crippen LogP contribution < -0.4 is 5.32 Å². The lowest BCUT2D eigenvalue weighted by molar-refractivity contribution is -0.385. The van der Waals surface area contributed by atoms with E-state index in [1.54, 1.807) is 24.5 Å². The molecule has 98 valence electrons. The Labute approximate surface area is 119 Å². The van der Waals surface area contributed by atoms with Crippen LogP contribution in [0.25, 0.3) is 0 Å². The number of halogens is 1. The van der Waals surface area contributed by atoms with Gasteiger partial charge in [0.1, 0.15) is 0 Å². The molecule has 0 aliphatic rings. The fraction of sp³-hybridized carbons (Fsp3) is 0.154. The number of hydrogen-bond donors (Lipinski definition) is 1. The fourth-order valence-corrected chi connectivity index (χ4v) is 2.12. The third-order valence-corrected chi connectivity index (χ3v) is 3.13. The average Bonchev–Trinajstić information content (AvgIpc) is 2.39. The Morgan fingerprint density at radius 1 is 1.21 bits per heavy atom. The van der Waals surface area contributed by atoms with Gasteiger partial charge in [0, 0.05) is 41.6 Å². The number of aromatic nitrogens is 1. The molecule has 2 aromatic rings. The summed E-state index contributed by atoms with van der Waals surface area (Å²) < 4.78 is 0.832. The molecule has 0 bridgehead atoms. The zero-order valence-electron chi connectivity index (χ0n) is 10.0. The van der Waals surface area contributed by atoms with E-state index in [0.29, 0.717) is 18.7 Å². The van der Waals surface area contributed by atoms with Gasteiger partial charge < -0.3 is 5.32 Å². The lowest BCUT2D eigenvalue weighted by Gasteiger charge is -2.06. The third-order valence-electron chi connectivity index (χ3n) is 2.63. The first kappa shape index (κ1) is 13.6. The number of nitrogens with one attached hydrogen (secondary N) is 1. The van der Waals surface area contributed by atoms with Crippen molar-refractivity contribution in [3.8, 4) is 0 Å². The molecule has 0 radical (unpaired) electrons. The summed E-state index contributed by atoms with van der Waals surface area (Å²) >= 11 is 3.32. The number of nitro groups is 1. The molecule has 0 spiro atoms. The van der Waals surface area contributed by atoms with Crippen LogP contribution in [-0.4, -0.2) is 9.91 Å². The quantitative estimate of drug-likeness (QED) is 0.679. The van der Waals surface area contributed by atoms with Crippen molar-refractivity contribution >= 4 is 21.6 Å². The van der Waals surface area contributed by atoms with Crippen molar-refractivity contribution in [3.05, 3.63) is 68.4 Å². The Morgan fingerprint density at radius 3 is 2.63 bits per heavy atom. The first-order valence-corrected chi connectivity index (χ1v) is 6.48. The largest absolute Gasteiger partial charge is 0.308 e. The maximum absolute atomic E-state index is 10.9. The van der Waals surface area contributed by atoms with Gasteiger partial charge in [-0.1, -0.05) is 15.9 Å². The minimum Gasteiger partial charge on any atom is -0.308 e. The van der Waals surface area contributed by atoms with Crippen LogP contribution in [0.1, 0.15) is 11.1 Å². The van der Waals surface area contributed by atoms with E-state index in [0.717, 1.165) is 10.0 Å². The van der Waals surface area contributed by atoms with Gasteiger partial charge in [-0.3, -0.25) is 15.1 Å². The highest BCUT2D eigenvalue weighted by molar-refractivity contribution is 9.10. The van der Waals surface area contributed by atoms with Gasteiger partial charge in [-0.25, -0.2) is 0 Å². The highest BCUT2D eigenvalue weighted by Gasteiger charge is 2.12. The number of rotatable bonds is 5. The number of nitro benzene ring substituents is 1.